The van der Waals surface area contributed by atoms with E-state index in [0.29, 0.717) is 12.6 Å². The van der Waals surface area contributed by atoms with Crippen LogP contribution in [0.2, 0.25) is 0 Å². The fraction of sp³-hybridized carbons (Fsp3) is 0.867. The van der Waals surface area contributed by atoms with Gasteiger partial charge in [-0.25, -0.2) is 0 Å². The minimum absolute atomic E-state index is 0.0163. The second-order valence-electron chi connectivity index (χ2n) is 6.68. The normalized spacial score (nSPS) is 16.6. The highest BCUT2D eigenvalue weighted by atomic mass is 16.4. The molecule has 0 atom stereocenters. The molecule has 0 unspecified atom stereocenters. The van der Waals surface area contributed by atoms with Crippen LogP contribution in [0.1, 0.15) is 52.4 Å². The predicted octanol–water partition coefficient (Wildman–Crippen LogP) is 1.87. The van der Waals surface area contributed by atoms with E-state index in [0.717, 1.165) is 6.54 Å². The maximum Gasteiger partial charge on any atom is 0.303 e. The van der Waals surface area contributed by atoms with Gasteiger partial charge in [0.1, 0.15) is 0 Å². The fourth-order valence-corrected chi connectivity index (χ4v) is 2.87. The van der Waals surface area contributed by atoms with E-state index in [1.165, 1.54) is 25.7 Å². The molecule has 0 aliphatic heterocycles. The number of carboxylic acids is 1. The number of nitrogens with one attached hydrogen (secondary N) is 1. The molecule has 116 valence electrons. The molecule has 1 aliphatic rings. The van der Waals surface area contributed by atoms with Crippen LogP contribution in [0.4, 0.5) is 0 Å². The van der Waals surface area contributed by atoms with Gasteiger partial charge in [-0.3, -0.25) is 9.59 Å². The molecule has 5 nitrogen and oxygen atoms in total. The Bertz CT molecular complexity index is 336. The summed E-state index contributed by atoms with van der Waals surface area (Å²) < 4.78 is 0. The van der Waals surface area contributed by atoms with Crippen LogP contribution >= 0.6 is 0 Å². The number of aliphatic carboxylic acids is 1. The quantitative estimate of drug-likeness (QED) is 0.714. The van der Waals surface area contributed by atoms with E-state index in [1.807, 2.05) is 13.8 Å². The van der Waals surface area contributed by atoms with Gasteiger partial charge < -0.3 is 15.3 Å². The first-order valence-electron chi connectivity index (χ1n) is 7.49. The van der Waals surface area contributed by atoms with Gasteiger partial charge in [0.25, 0.3) is 0 Å². The van der Waals surface area contributed by atoms with Crippen molar-refractivity contribution in [3.05, 3.63) is 0 Å². The van der Waals surface area contributed by atoms with Crippen LogP contribution < -0.4 is 5.32 Å². The highest BCUT2D eigenvalue weighted by Gasteiger charge is 2.25. The van der Waals surface area contributed by atoms with Crippen LogP contribution in [0.3, 0.4) is 0 Å². The van der Waals surface area contributed by atoms with Crippen molar-refractivity contribution in [2.75, 3.05) is 20.1 Å². The summed E-state index contributed by atoms with van der Waals surface area (Å²) in [5.41, 5.74) is -0.493. The molecule has 1 fully saturated rings. The van der Waals surface area contributed by atoms with E-state index in [-0.39, 0.29) is 18.7 Å². The highest BCUT2D eigenvalue weighted by molar-refractivity contribution is 5.77. The number of carboxylic acid groups (broad SMARTS) is 1. The lowest BCUT2D eigenvalue weighted by atomic mass is 9.85. The predicted molar refractivity (Wildman–Crippen MR) is 78.5 cm³/mol. The molecule has 0 aromatic carbocycles. The Kier molecular flexibility index (Phi) is 6.46. The van der Waals surface area contributed by atoms with Gasteiger partial charge in [0.05, 0.1) is 6.42 Å². The van der Waals surface area contributed by atoms with E-state index < -0.39 is 11.4 Å². The fourth-order valence-electron chi connectivity index (χ4n) is 2.87. The van der Waals surface area contributed by atoms with Gasteiger partial charge in [0.2, 0.25) is 5.91 Å². The molecule has 2 N–H and O–H groups in total. The van der Waals surface area contributed by atoms with E-state index in [9.17, 15) is 9.59 Å². The van der Waals surface area contributed by atoms with Crippen molar-refractivity contribution in [3.63, 3.8) is 0 Å². The molecule has 1 amide bonds. The minimum Gasteiger partial charge on any atom is -0.481 e. The van der Waals surface area contributed by atoms with Crippen molar-refractivity contribution in [2.24, 2.45) is 5.41 Å². The third-order valence-corrected chi connectivity index (χ3v) is 4.00. The van der Waals surface area contributed by atoms with Gasteiger partial charge in [-0.2, -0.15) is 0 Å². The highest BCUT2D eigenvalue weighted by Crippen LogP contribution is 2.24. The van der Waals surface area contributed by atoms with Crippen molar-refractivity contribution >= 4 is 11.9 Å². The Labute approximate surface area is 121 Å². The molecule has 0 saturated heterocycles. The average molecular weight is 284 g/mol. The number of likely N-dealkylation sites (N-methyl/N-ethyl adjacent to an activating group) is 1. The second kappa shape index (κ2) is 7.62. The molecule has 1 aliphatic carbocycles. The number of nitrogens with zero attached hydrogens (tertiary/aromatic N) is 1. The van der Waals surface area contributed by atoms with Gasteiger partial charge in [0.15, 0.2) is 0 Å². The van der Waals surface area contributed by atoms with Crippen LogP contribution in [0, 0.1) is 5.41 Å². The molecule has 0 bridgehead atoms. The topological polar surface area (TPSA) is 69.6 Å². The first-order chi connectivity index (χ1) is 9.30. The Morgan fingerprint density at radius 1 is 1.25 bits per heavy atom. The van der Waals surface area contributed by atoms with Crippen LogP contribution in [0.5, 0.6) is 0 Å². The van der Waals surface area contributed by atoms with Gasteiger partial charge in [0, 0.05) is 25.6 Å². The van der Waals surface area contributed by atoms with Crippen LogP contribution in [0.25, 0.3) is 0 Å². The summed E-state index contributed by atoms with van der Waals surface area (Å²) >= 11 is 0. The summed E-state index contributed by atoms with van der Waals surface area (Å²) in [5, 5.41) is 11.7. The molecule has 20 heavy (non-hydrogen) atoms. The maximum absolute atomic E-state index is 11.8. The molecule has 1 rings (SSSR count). The summed E-state index contributed by atoms with van der Waals surface area (Å²) in [7, 11) is 2.11. The zero-order valence-electron chi connectivity index (χ0n) is 12.9. The largest absolute Gasteiger partial charge is 0.481 e. The number of carbonyl (C=O) groups is 2. The van der Waals surface area contributed by atoms with Crippen molar-refractivity contribution < 1.29 is 14.7 Å². The third kappa shape index (κ3) is 6.37. The minimum atomic E-state index is -0.858. The molecule has 0 aromatic rings. The SMILES string of the molecule is CN(CCNC(=O)CC(C)(C)CC(=O)O)C1CCCC1. The molecule has 0 radical (unpaired) electrons. The van der Waals surface area contributed by atoms with E-state index in [4.69, 9.17) is 5.11 Å². The summed E-state index contributed by atoms with van der Waals surface area (Å²) in [5.74, 6) is -0.917. The molecule has 5 heteroatoms. The number of rotatable bonds is 8. The average Bonchev–Trinajstić information content (AvgIpc) is 2.78. The van der Waals surface area contributed by atoms with Crippen LogP contribution in [0.15, 0.2) is 0 Å². The summed E-state index contributed by atoms with van der Waals surface area (Å²) in [6.45, 7) is 5.11. The van der Waals surface area contributed by atoms with Crippen molar-refractivity contribution in [1.82, 2.24) is 10.2 Å². The third-order valence-electron chi connectivity index (χ3n) is 4.00. The number of carbonyl (C=O) groups excluding carboxylic acids is 1. The lowest BCUT2D eigenvalue weighted by Gasteiger charge is -2.25. The standard InChI is InChI=1S/C15H28N2O3/c1-15(2,11-14(19)20)10-13(18)16-8-9-17(3)12-6-4-5-7-12/h12H,4-11H2,1-3H3,(H,16,18)(H,19,20). The van der Waals surface area contributed by atoms with Crippen molar-refractivity contribution in [3.8, 4) is 0 Å². The molecular formula is C15H28N2O3. The molecular weight excluding hydrogens is 256 g/mol. The van der Waals surface area contributed by atoms with Crippen molar-refractivity contribution in [1.29, 1.82) is 0 Å². The van der Waals surface area contributed by atoms with Gasteiger partial charge in [-0.15, -0.1) is 0 Å². The van der Waals surface area contributed by atoms with Gasteiger partial charge in [-0.1, -0.05) is 26.7 Å². The van der Waals surface area contributed by atoms with E-state index in [2.05, 4.69) is 17.3 Å². The maximum atomic E-state index is 11.8. The van der Waals surface area contributed by atoms with Crippen LogP contribution in [-0.4, -0.2) is 48.1 Å². The van der Waals surface area contributed by atoms with Gasteiger partial charge >= 0.3 is 5.97 Å². The number of hydrogen-bond donors (Lipinski definition) is 2. The number of hydrogen-bond acceptors (Lipinski definition) is 3. The first kappa shape index (κ1) is 17.0. The summed E-state index contributed by atoms with van der Waals surface area (Å²) in [4.78, 5) is 24.8. The summed E-state index contributed by atoms with van der Waals surface area (Å²) in [6, 6.07) is 0.662. The van der Waals surface area contributed by atoms with E-state index >= 15 is 0 Å². The summed E-state index contributed by atoms with van der Waals surface area (Å²) in [6.07, 6.45) is 5.41. The molecule has 0 heterocycles. The molecule has 1 saturated carbocycles. The smallest absolute Gasteiger partial charge is 0.303 e. The molecule has 0 spiro atoms. The zero-order chi connectivity index (χ0) is 15.2. The van der Waals surface area contributed by atoms with Crippen LogP contribution in [-0.2, 0) is 9.59 Å². The Balaban J connectivity index is 2.20. The number of amides is 1. The van der Waals surface area contributed by atoms with E-state index in [1.54, 1.807) is 0 Å². The Hall–Kier alpha value is -1.10. The molecule has 0 aromatic heterocycles. The first-order valence-corrected chi connectivity index (χ1v) is 7.49. The lowest BCUT2D eigenvalue weighted by Crippen LogP contribution is -2.38. The van der Waals surface area contributed by atoms with Gasteiger partial charge in [-0.05, 0) is 25.3 Å². The Morgan fingerprint density at radius 2 is 1.85 bits per heavy atom. The zero-order valence-corrected chi connectivity index (χ0v) is 12.9. The lowest BCUT2D eigenvalue weighted by molar-refractivity contribution is -0.139. The monoisotopic (exact) mass is 284 g/mol. The Morgan fingerprint density at radius 3 is 2.40 bits per heavy atom. The second-order valence-corrected chi connectivity index (χ2v) is 6.68. The van der Waals surface area contributed by atoms with Crippen molar-refractivity contribution in [2.45, 2.75) is 58.4 Å².